The van der Waals surface area contributed by atoms with Crippen molar-refractivity contribution in [2.24, 2.45) is 5.92 Å². The first-order valence-electron chi connectivity index (χ1n) is 6.57. The summed E-state index contributed by atoms with van der Waals surface area (Å²) < 4.78 is 26.0. The van der Waals surface area contributed by atoms with Crippen molar-refractivity contribution in [2.45, 2.75) is 52.0 Å². The predicted molar refractivity (Wildman–Crippen MR) is 69.3 cm³/mol. The van der Waals surface area contributed by atoms with Gasteiger partial charge < -0.3 is 5.11 Å². The third kappa shape index (κ3) is 4.56. The van der Waals surface area contributed by atoms with Gasteiger partial charge in [-0.25, -0.2) is 8.42 Å². The lowest BCUT2D eigenvalue weighted by atomic mass is 9.95. The van der Waals surface area contributed by atoms with Gasteiger partial charge in [-0.3, -0.25) is 0 Å². The number of hydrogen-bond acceptors (Lipinski definition) is 3. The smallest absolute Gasteiger partial charge is 0.214 e. The molecule has 0 amide bonds. The summed E-state index contributed by atoms with van der Waals surface area (Å²) in [6, 6.07) is 0.111. The fourth-order valence-corrected chi connectivity index (χ4v) is 4.59. The molecule has 0 aliphatic heterocycles. The highest BCUT2D eigenvalue weighted by Gasteiger charge is 2.30. The summed E-state index contributed by atoms with van der Waals surface area (Å²) in [5.74, 6) is 0.313. The van der Waals surface area contributed by atoms with Crippen molar-refractivity contribution in [1.82, 2.24) is 4.31 Å². The molecule has 0 heterocycles. The molecule has 1 saturated carbocycles. The number of aliphatic hydroxyl groups excluding tert-OH is 1. The van der Waals surface area contributed by atoms with Crippen LogP contribution in [0.25, 0.3) is 0 Å². The highest BCUT2D eigenvalue weighted by molar-refractivity contribution is 7.89. The second-order valence-electron chi connectivity index (χ2n) is 5.30. The quantitative estimate of drug-likeness (QED) is 0.792. The van der Waals surface area contributed by atoms with Gasteiger partial charge in [0.25, 0.3) is 0 Å². The normalized spacial score (nSPS) is 19.1. The molecule has 0 aromatic carbocycles. The summed E-state index contributed by atoms with van der Waals surface area (Å²) in [7, 11) is -3.21. The highest BCUT2D eigenvalue weighted by Crippen LogP contribution is 2.25. The Morgan fingerprint density at radius 1 is 1.24 bits per heavy atom. The molecule has 0 aromatic rings. The van der Waals surface area contributed by atoms with Crippen LogP contribution >= 0.6 is 0 Å². The van der Waals surface area contributed by atoms with E-state index in [9.17, 15) is 8.42 Å². The molecule has 4 nitrogen and oxygen atoms in total. The number of nitrogens with zero attached hydrogens (tertiary/aromatic N) is 1. The zero-order valence-electron chi connectivity index (χ0n) is 10.9. The standard InChI is InChI=1S/C12H25NO3S/c1-11(2)10-17(15,16)13(8-9-14)12-6-4-3-5-7-12/h11-12,14H,3-10H2,1-2H3. The van der Waals surface area contributed by atoms with Crippen molar-refractivity contribution in [2.75, 3.05) is 18.9 Å². The molecule has 1 aliphatic rings. The van der Waals surface area contributed by atoms with E-state index in [1.807, 2.05) is 13.8 Å². The van der Waals surface area contributed by atoms with E-state index in [-0.39, 0.29) is 30.9 Å². The Labute approximate surface area is 105 Å². The summed E-state index contributed by atoms with van der Waals surface area (Å²) in [6.07, 6.45) is 5.29. The van der Waals surface area contributed by atoms with E-state index >= 15 is 0 Å². The third-order valence-corrected chi connectivity index (χ3v) is 5.49. The van der Waals surface area contributed by atoms with Crippen LogP contribution < -0.4 is 0 Å². The third-order valence-electron chi connectivity index (χ3n) is 3.20. The van der Waals surface area contributed by atoms with Crippen molar-refractivity contribution in [3.63, 3.8) is 0 Å². The molecule has 0 unspecified atom stereocenters. The van der Waals surface area contributed by atoms with E-state index in [1.165, 1.54) is 6.42 Å². The Morgan fingerprint density at radius 2 is 1.82 bits per heavy atom. The molecule has 0 atom stereocenters. The molecule has 1 N–H and O–H groups in total. The Bertz CT molecular complexity index is 308. The number of aliphatic hydroxyl groups is 1. The van der Waals surface area contributed by atoms with Crippen LogP contribution in [0, 0.1) is 5.92 Å². The van der Waals surface area contributed by atoms with Crippen LogP contribution in [-0.4, -0.2) is 42.8 Å². The zero-order chi connectivity index (χ0) is 12.9. The lowest BCUT2D eigenvalue weighted by Crippen LogP contribution is -2.44. The largest absolute Gasteiger partial charge is 0.395 e. The second kappa shape index (κ2) is 6.71. The molecule has 0 spiro atoms. The van der Waals surface area contributed by atoms with E-state index in [4.69, 9.17) is 5.11 Å². The minimum Gasteiger partial charge on any atom is -0.395 e. The number of rotatable bonds is 6. The zero-order valence-corrected chi connectivity index (χ0v) is 11.7. The maximum absolute atomic E-state index is 12.2. The summed E-state index contributed by atoms with van der Waals surface area (Å²) in [5, 5.41) is 9.06. The van der Waals surface area contributed by atoms with Crippen molar-refractivity contribution >= 4 is 10.0 Å². The molecule has 1 rings (SSSR count). The molecule has 1 fully saturated rings. The Morgan fingerprint density at radius 3 is 2.29 bits per heavy atom. The SMILES string of the molecule is CC(C)CS(=O)(=O)N(CCO)C1CCCCC1. The highest BCUT2D eigenvalue weighted by atomic mass is 32.2. The first-order valence-corrected chi connectivity index (χ1v) is 8.18. The summed E-state index contributed by atoms with van der Waals surface area (Å²) in [6.45, 7) is 3.98. The topological polar surface area (TPSA) is 57.6 Å². The first-order chi connectivity index (χ1) is 7.97. The molecular formula is C12H25NO3S. The molecule has 0 aromatic heterocycles. The minimum absolute atomic E-state index is 0.0895. The molecule has 1 aliphatic carbocycles. The lowest BCUT2D eigenvalue weighted by molar-refractivity contribution is 0.199. The van der Waals surface area contributed by atoms with Gasteiger partial charge in [-0.2, -0.15) is 4.31 Å². The van der Waals surface area contributed by atoms with Gasteiger partial charge in [0.05, 0.1) is 12.4 Å². The van der Waals surface area contributed by atoms with E-state index < -0.39 is 10.0 Å². The average molecular weight is 263 g/mol. The average Bonchev–Trinajstić information content (AvgIpc) is 2.25. The van der Waals surface area contributed by atoms with E-state index in [2.05, 4.69) is 0 Å². The van der Waals surface area contributed by atoms with Gasteiger partial charge in [0.15, 0.2) is 0 Å². The number of hydrogen-bond donors (Lipinski definition) is 1. The van der Waals surface area contributed by atoms with Gasteiger partial charge in [-0.15, -0.1) is 0 Å². The number of sulfonamides is 1. The van der Waals surface area contributed by atoms with Crippen LogP contribution in [0.2, 0.25) is 0 Å². The van der Waals surface area contributed by atoms with Gasteiger partial charge in [0.1, 0.15) is 0 Å². The Hall–Kier alpha value is -0.130. The monoisotopic (exact) mass is 263 g/mol. The van der Waals surface area contributed by atoms with Gasteiger partial charge in [0.2, 0.25) is 10.0 Å². The van der Waals surface area contributed by atoms with Gasteiger partial charge >= 0.3 is 0 Å². The van der Waals surface area contributed by atoms with E-state index in [0.29, 0.717) is 0 Å². The van der Waals surface area contributed by atoms with Crippen molar-refractivity contribution in [3.05, 3.63) is 0 Å². The van der Waals surface area contributed by atoms with E-state index in [1.54, 1.807) is 4.31 Å². The predicted octanol–water partition coefficient (Wildman–Crippen LogP) is 1.60. The molecule has 0 bridgehead atoms. The minimum atomic E-state index is -3.21. The van der Waals surface area contributed by atoms with Crippen molar-refractivity contribution < 1.29 is 13.5 Å². The maximum atomic E-state index is 12.2. The van der Waals surface area contributed by atoms with Crippen LogP contribution in [0.1, 0.15) is 46.0 Å². The lowest BCUT2D eigenvalue weighted by Gasteiger charge is -2.33. The molecule has 0 saturated heterocycles. The van der Waals surface area contributed by atoms with Crippen LogP contribution in [0.15, 0.2) is 0 Å². The second-order valence-corrected chi connectivity index (χ2v) is 7.26. The van der Waals surface area contributed by atoms with Crippen molar-refractivity contribution in [1.29, 1.82) is 0 Å². The van der Waals surface area contributed by atoms with Crippen LogP contribution in [-0.2, 0) is 10.0 Å². The van der Waals surface area contributed by atoms with Gasteiger partial charge in [-0.1, -0.05) is 33.1 Å². The fraction of sp³-hybridized carbons (Fsp3) is 1.00. The summed E-state index contributed by atoms with van der Waals surface area (Å²) in [4.78, 5) is 0. The molecular weight excluding hydrogens is 238 g/mol. The van der Waals surface area contributed by atoms with Crippen molar-refractivity contribution in [3.8, 4) is 0 Å². The van der Waals surface area contributed by atoms with Crippen LogP contribution in [0.5, 0.6) is 0 Å². The van der Waals surface area contributed by atoms with Crippen LogP contribution in [0.3, 0.4) is 0 Å². The molecule has 0 radical (unpaired) electrons. The van der Waals surface area contributed by atoms with Gasteiger partial charge in [0, 0.05) is 12.6 Å². The maximum Gasteiger partial charge on any atom is 0.214 e. The van der Waals surface area contributed by atoms with Gasteiger partial charge in [-0.05, 0) is 18.8 Å². The first kappa shape index (κ1) is 14.9. The molecule has 102 valence electrons. The molecule has 5 heteroatoms. The van der Waals surface area contributed by atoms with Crippen LogP contribution in [0.4, 0.5) is 0 Å². The van der Waals surface area contributed by atoms with E-state index in [0.717, 1.165) is 25.7 Å². The molecule has 17 heavy (non-hydrogen) atoms. The Balaban J connectivity index is 2.75. The fourth-order valence-electron chi connectivity index (χ4n) is 2.53. The summed E-state index contributed by atoms with van der Waals surface area (Å²) >= 11 is 0. The summed E-state index contributed by atoms with van der Waals surface area (Å²) in [5.41, 5.74) is 0. The Kier molecular flexibility index (Phi) is 5.89.